The highest BCUT2D eigenvalue weighted by atomic mass is 16.6. The Bertz CT molecular complexity index is 4000. The molecule has 10 N–H and O–H groups in total. The Morgan fingerprint density at radius 3 is 0.956 bits per heavy atom. The number of methoxy groups -OCH3 is 3. The zero-order valence-corrected chi connectivity index (χ0v) is 70.4. The van der Waals surface area contributed by atoms with E-state index in [2.05, 4.69) is 78.8 Å². The van der Waals surface area contributed by atoms with E-state index in [-0.39, 0.29) is 41.0 Å². The second kappa shape index (κ2) is 32.5. The summed E-state index contributed by atoms with van der Waals surface area (Å²) in [5, 5.41) is 80.4. The molecular formula is C100H139NO13. The number of benzene rings is 5. The van der Waals surface area contributed by atoms with Gasteiger partial charge in [-0.25, -0.2) is 5.90 Å². The van der Waals surface area contributed by atoms with Crippen LogP contribution in [0.5, 0.6) is 28.7 Å². The van der Waals surface area contributed by atoms with Gasteiger partial charge in [0.25, 0.3) is 0 Å². The van der Waals surface area contributed by atoms with Crippen LogP contribution in [0.1, 0.15) is 324 Å². The molecule has 14 heteroatoms. The fourth-order valence-electron chi connectivity index (χ4n) is 30.3. The molecule has 0 bridgehead atoms. The molecule has 29 atom stereocenters. The van der Waals surface area contributed by atoms with Crippen LogP contribution in [0.4, 0.5) is 0 Å². The number of rotatable bonds is 9. The average molecular weight is 1560 g/mol. The molecule has 5 aromatic carbocycles. The summed E-state index contributed by atoms with van der Waals surface area (Å²) in [5.74, 6) is 20.7. The minimum absolute atomic E-state index is 0.0901. The molecule has 15 aliphatic rings. The Hall–Kier alpha value is -5.55. The maximum Gasteiger partial charge on any atom is 0.139 e. The molecule has 10 saturated carbocycles. The van der Waals surface area contributed by atoms with Crippen molar-refractivity contribution in [3.05, 3.63) is 147 Å². The van der Waals surface area contributed by atoms with Gasteiger partial charge in [-0.2, -0.15) is 0 Å². The number of nitrogens with two attached hydrogens (primary N) is 1. The van der Waals surface area contributed by atoms with Crippen molar-refractivity contribution in [1.29, 1.82) is 0 Å². The van der Waals surface area contributed by atoms with Crippen LogP contribution >= 0.6 is 0 Å². The lowest BCUT2D eigenvalue weighted by Crippen LogP contribution is -2.44. The summed E-state index contributed by atoms with van der Waals surface area (Å²) in [4.78, 5) is 17.5. The third kappa shape index (κ3) is 14.2. The monoisotopic (exact) mass is 1560 g/mol. The van der Waals surface area contributed by atoms with Gasteiger partial charge in [-0.3, -0.25) is 4.79 Å². The van der Waals surface area contributed by atoms with Gasteiger partial charge in [-0.05, 0) is 393 Å². The zero-order valence-electron chi connectivity index (χ0n) is 70.4. The van der Waals surface area contributed by atoms with Crippen molar-refractivity contribution in [2.75, 3.05) is 54.4 Å². The first-order valence-corrected chi connectivity index (χ1v) is 45.1. The normalized spacial score (nSPS) is 41.6. The average Bonchev–Trinajstić information content (AvgIpc) is 1.46. The molecular weight excluding hydrogens is 1420 g/mol. The molecule has 15 aliphatic carbocycles. The number of aliphatic hydroxyl groups is 3. The van der Waals surface area contributed by atoms with Crippen LogP contribution in [0, 0.1) is 98.1 Å². The van der Waals surface area contributed by atoms with Crippen molar-refractivity contribution >= 4 is 5.78 Å². The van der Waals surface area contributed by atoms with Crippen LogP contribution < -0.4 is 5.90 Å². The molecule has 5 aromatic rings. The van der Waals surface area contributed by atoms with E-state index in [4.69, 9.17) is 24.9 Å². The smallest absolute Gasteiger partial charge is 0.139 e. The Morgan fingerprint density at radius 1 is 0.351 bits per heavy atom. The Kier molecular flexibility index (Phi) is 23.4. The van der Waals surface area contributed by atoms with E-state index >= 15 is 0 Å². The molecule has 114 heavy (non-hydrogen) atoms. The maximum atomic E-state index is 12.4. The number of carbonyl (C=O) groups excluding carboxylic acids is 1. The van der Waals surface area contributed by atoms with Crippen LogP contribution in [0.3, 0.4) is 0 Å². The maximum absolute atomic E-state index is 12.4. The summed E-state index contributed by atoms with van der Waals surface area (Å²) in [7, 11) is 5.27. The summed E-state index contributed by atoms with van der Waals surface area (Å²) in [6, 6.07) is 29.5. The lowest BCUT2D eigenvalue weighted by atomic mass is 9.53. The van der Waals surface area contributed by atoms with E-state index in [0.29, 0.717) is 161 Å². The first-order valence-electron chi connectivity index (χ1n) is 45.1. The molecule has 0 radical (unpaired) electrons. The molecule has 0 amide bonds. The summed E-state index contributed by atoms with van der Waals surface area (Å²) in [5.41, 5.74) is 14.6. The molecule has 622 valence electrons. The van der Waals surface area contributed by atoms with Crippen molar-refractivity contribution < 1.29 is 64.7 Å². The van der Waals surface area contributed by atoms with E-state index in [1.54, 1.807) is 21.3 Å². The number of carbonyl (C=O) groups is 1. The van der Waals surface area contributed by atoms with Gasteiger partial charge in [0, 0.05) is 69.4 Å². The topological polar surface area (TPSA) is 242 Å². The highest BCUT2D eigenvalue weighted by molar-refractivity contribution is 5.87. The van der Waals surface area contributed by atoms with Crippen LogP contribution in [0.2, 0.25) is 0 Å². The predicted molar refractivity (Wildman–Crippen MR) is 447 cm³/mol. The van der Waals surface area contributed by atoms with Crippen LogP contribution in [-0.2, 0) is 23.8 Å². The summed E-state index contributed by atoms with van der Waals surface area (Å²) in [6.45, 7) is 19.7. The second-order valence-electron chi connectivity index (χ2n) is 41.2. The van der Waals surface area contributed by atoms with E-state index in [9.17, 15) is 45.6 Å². The van der Waals surface area contributed by atoms with Gasteiger partial charge in [0.05, 0.1) is 38.6 Å². The minimum Gasteiger partial charge on any atom is -0.508 e. The standard InChI is InChI=1S/C20H29NO2.2C20H28O3.C20H26O3.C20H28O2/c1-12-3-6-19-18-9-13(11-23-21)17-10-14(22)4-5-15(17)16(18)7-8-20(12,19)2;3*1-20-8-7-15-14-4-3-13(21)10-16(14)12(11-23-2)9-17(15)18(20)5-6-19(20)22;1-12-3-6-19-18-9-13(11-21)17-10-14(22)4-5-15(17)16(18)7-8-20(12,19)2/h4-5,10,12-13,16,18-19,22H,3,6-9,11,21H2,1-2H3;2*3-4,10,12,15,17-19,21-22H,5-9,11H2,1-2H3;3-4,10,12,15,17-18,21H,5-9,11H2,1-2H3;4-5,10,12-13,16,18-19,21-22H,3,6-9,11H2,1-2H3/t12?,13-,16+,18+,19-,20+;12-,15+,17+,18-,19?,20-;12-,15-,17-,18+,19+,20+;12-,15+,17+,18-,20-;12?,13-,16+,18+,19-,20+/m00100/s1. The van der Waals surface area contributed by atoms with Crippen molar-refractivity contribution in [3.63, 3.8) is 0 Å². The van der Waals surface area contributed by atoms with Gasteiger partial charge in [-0.15, -0.1) is 0 Å². The first-order chi connectivity index (χ1) is 54.7. The molecule has 0 aliphatic heterocycles. The number of hydrogen-bond acceptors (Lipinski definition) is 14. The predicted octanol–water partition coefficient (Wildman–Crippen LogP) is 20.3. The van der Waals surface area contributed by atoms with Gasteiger partial charge in [-0.1, -0.05) is 78.8 Å². The van der Waals surface area contributed by atoms with Crippen molar-refractivity contribution in [3.8, 4) is 28.7 Å². The number of ketones is 1. The number of Topliss-reactive ketones (excluding diaryl/α,β-unsaturated/α-hetero) is 1. The second-order valence-corrected chi connectivity index (χ2v) is 41.2. The molecule has 0 aromatic heterocycles. The number of aromatic hydroxyl groups is 5. The third-order valence-corrected chi connectivity index (χ3v) is 36.7. The molecule has 0 saturated heterocycles. The molecule has 0 spiro atoms. The molecule has 0 heterocycles. The SMILES string of the molecule is CC1CC[C@H]2[C@@H]3C[C@@H](CO)c4cc(O)ccc4[C@H]3CC[C@]12C.CC1CC[C@H]2[C@@H]3C[C@@H](CON)c4cc(O)ccc4[C@H]3CC[C@]12C.COC[C@@H]1C[C@@H]2[C@H](CC[C@]3(C)C(=O)CC[C@@H]23)c2ccc(O)cc21.COC[C@@H]1C[C@@H]2[C@H](CC[C@]3(C)C(O)CC[C@@H]23)c2ccc(O)cc21.COC[C@H]1C[C@@H]2[C@H](CC[C@]3(C)[C@@H](O)CC[C@@H]23)c2ccc(O)cc21. The van der Waals surface area contributed by atoms with E-state index in [0.717, 1.165) is 145 Å². The largest absolute Gasteiger partial charge is 0.508 e. The Balaban J connectivity index is 0.000000107. The third-order valence-electron chi connectivity index (χ3n) is 36.7. The van der Waals surface area contributed by atoms with E-state index in [1.807, 2.05) is 60.7 Å². The zero-order chi connectivity index (χ0) is 80.2. The minimum atomic E-state index is -0.129. The molecule has 14 nitrogen and oxygen atoms in total. The van der Waals surface area contributed by atoms with Crippen LogP contribution in [-0.4, -0.2) is 113 Å². The lowest BCUT2D eigenvalue weighted by molar-refractivity contribution is -0.129. The van der Waals surface area contributed by atoms with Crippen molar-refractivity contribution in [2.24, 2.45) is 104 Å². The Labute approximate surface area is 680 Å². The van der Waals surface area contributed by atoms with Gasteiger partial charge >= 0.3 is 0 Å². The van der Waals surface area contributed by atoms with Crippen LogP contribution in [0.25, 0.3) is 0 Å². The van der Waals surface area contributed by atoms with E-state index in [1.165, 1.54) is 107 Å². The molecule has 10 fully saturated rings. The summed E-state index contributed by atoms with van der Waals surface area (Å²) < 4.78 is 16.4. The van der Waals surface area contributed by atoms with Gasteiger partial charge < -0.3 is 59.9 Å². The number of phenolic OH excluding ortho intramolecular Hbond substituents is 5. The number of hydrogen-bond donors (Lipinski definition) is 9. The number of fused-ring (bicyclic) bond motifs is 25. The molecule has 3 unspecified atom stereocenters. The summed E-state index contributed by atoms with van der Waals surface area (Å²) >= 11 is 0. The summed E-state index contributed by atoms with van der Waals surface area (Å²) in [6.07, 6.45) is 28.8. The van der Waals surface area contributed by atoms with Gasteiger partial charge in [0.15, 0.2) is 0 Å². The van der Waals surface area contributed by atoms with Crippen LogP contribution in [0.15, 0.2) is 91.0 Å². The Morgan fingerprint density at radius 2 is 0.632 bits per heavy atom. The number of ether oxygens (including phenoxy) is 3. The first kappa shape index (κ1) is 82.2. The number of aliphatic hydroxyl groups excluding tert-OH is 3. The van der Waals surface area contributed by atoms with Gasteiger partial charge in [0.1, 0.15) is 34.5 Å². The quantitative estimate of drug-likeness (QED) is 0.0624. The lowest BCUT2D eigenvalue weighted by Gasteiger charge is -2.52. The highest BCUT2D eigenvalue weighted by Gasteiger charge is 2.61. The van der Waals surface area contributed by atoms with Crippen molar-refractivity contribution in [2.45, 2.75) is 280 Å². The van der Waals surface area contributed by atoms with Crippen molar-refractivity contribution in [1.82, 2.24) is 0 Å². The fourth-order valence-corrected chi connectivity index (χ4v) is 30.3. The van der Waals surface area contributed by atoms with Gasteiger partial charge in [0.2, 0.25) is 0 Å². The highest BCUT2D eigenvalue weighted by Crippen LogP contribution is 2.69. The van der Waals surface area contributed by atoms with E-state index < -0.39 is 0 Å². The molecule has 20 rings (SSSR count). The number of phenols is 5. The fraction of sp³-hybridized carbons (Fsp3) is 0.690.